The van der Waals surface area contributed by atoms with Gasteiger partial charge in [-0.05, 0) is 36.6 Å². The Morgan fingerprint density at radius 3 is 2.87 bits per heavy atom. The van der Waals surface area contributed by atoms with Gasteiger partial charge in [0.1, 0.15) is 0 Å². The molecule has 0 radical (unpaired) electrons. The Balaban J connectivity index is 1.75. The highest BCUT2D eigenvalue weighted by Crippen LogP contribution is 2.37. The van der Waals surface area contributed by atoms with Crippen molar-refractivity contribution in [2.45, 2.75) is 19.0 Å². The zero-order chi connectivity index (χ0) is 16.4. The van der Waals surface area contributed by atoms with Crippen molar-refractivity contribution in [1.29, 1.82) is 0 Å². The van der Waals surface area contributed by atoms with Crippen LogP contribution in [0.4, 0.5) is 13.2 Å². The molecule has 1 aromatic carbocycles. The fourth-order valence-corrected chi connectivity index (χ4v) is 2.81. The predicted octanol–water partition coefficient (Wildman–Crippen LogP) is 3.90. The van der Waals surface area contributed by atoms with Gasteiger partial charge in [-0.25, -0.2) is 0 Å². The van der Waals surface area contributed by atoms with Crippen LogP contribution in [-0.2, 0) is 19.0 Å². The first kappa shape index (κ1) is 15.6. The van der Waals surface area contributed by atoms with E-state index < -0.39 is 11.7 Å². The van der Waals surface area contributed by atoms with E-state index in [1.165, 1.54) is 6.20 Å². The Morgan fingerprint density at radius 1 is 1.30 bits per heavy atom. The van der Waals surface area contributed by atoms with E-state index in [1.54, 1.807) is 7.11 Å². The van der Waals surface area contributed by atoms with Crippen LogP contribution >= 0.6 is 0 Å². The molecule has 1 aliphatic heterocycles. The second kappa shape index (κ2) is 6.10. The number of fused-ring (bicyclic) bond motifs is 1. The van der Waals surface area contributed by atoms with E-state index in [1.807, 2.05) is 18.2 Å². The van der Waals surface area contributed by atoms with E-state index in [2.05, 4.69) is 4.98 Å². The molecular formula is C17H16F3NO2. The summed E-state index contributed by atoms with van der Waals surface area (Å²) in [5.41, 5.74) is 0.772. The molecule has 6 heteroatoms. The van der Waals surface area contributed by atoms with Crippen molar-refractivity contribution in [2.75, 3.05) is 13.7 Å². The molecule has 0 unspecified atom stereocenters. The Labute approximate surface area is 132 Å². The van der Waals surface area contributed by atoms with Gasteiger partial charge in [-0.15, -0.1) is 0 Å². The summed E-state index contributed by atoms with van der Waals surface area (Å²) in [4.78, 5) is 4.06. The lowest BCUT2D eigenvalue weighted by molar-refractivity contribution is -0.137. The van der Waals surface area contributed by atoms with E-state index >= 15 is 0 Å². The second-order valence-corrected chi connectivity index (χ2v) is 5.57. The summed E-state index contributed by atoms with van der Waals surface area (Å²) in [6.07, 6.45) is -1.97. The molecule has 3 rings (SSSR count). The molecule has 0 spiro atoms. The SMILES string of the molecule is COc1cccc2c1OC[C@@H](Cc1cc(C(F)(F)F)ccn1)C2. The lowest BCUT2D eigenvalue weighted by Gasteiger charge is -2.26. The molecule has 0 fully saturated rings. The van der Waals surface area contributed by atoms with Gasteiger partial charge in [0.2, 0.25) is 0 Å². The topological polar surface area (TPSA) is 31.4 Å². The van der Waals surface area contributed by atoms with Crippen LogP contribution in [0.1, 0.15) is 16.8 Å². The first-order valence-corrected chi connectivity index (χ1v) is 7.28. The van der Waals surface area contributed by atoms with Gasteiger partial charge >= 0.3 is 6.18 Å². The summed E-state index contributed by atoms with van der Waals surface area (Å²) in [5, 5.41) is 0. The third kappa shape index (κ3) is 3.41. The molecule has 0 N–H and O–H groups in total. The average molecular weight is 323 g/mol. The maximum absolute atomic E-state index is 12.8. The molecule has 122 valence electrons. The molecule has 2 aromatic rings. The first-order chi connectivity index (χ1) is 11.0. The number of pyridine rings is 1. The van der Waals surface area contributed by atoms with Gasteiger partial charge in [0.15, 0.2) is 11.5 Å². The normalized spacial score (nSPS) is 17.3. The van der Waals surface area contributed by atoms with E-state index in [9.17, 15) is 13.2 Å². The maximum Gasteiger partial charge on any atom is 0.416 e. The molecule has 0 aliphatic carbocycles. The Hall–Kier alpha value is -2.24. The predicted molar refractivity (Wildman–Crippen MR) is 78.6 cm³/mol. The quantitative estimate of drug-likeness (QED) is 0.858. The van der Waals surface area contributed by atoms with E-state index in [0.717, 1.165) is 29.9 Å². The van der Waals surface area contributed by atoms with Crippen molar-refractivity contribution >= 4 is 0 Å². The van der Waals surface area contributed by atoms with Crippen LogP contribution in [0, 0.1) is 5.92 Å². The van der Waals surface area contributed by atoms with Crippen molar-refractivity contribution in [3.05, 3.63) is 53.3 Å². The molecule has 0 saturated heterocycles. The van der Waals surface area contributed by atoms with Crippen LogP contribution < -0.4 is 9.47 Å². The number of nitrogens with zero attached hydrogens (tertiary/aromatic N) is 1. The van der Waals surface area contributed by atoms with Crippen molar-refractivity contribution in [3.8, 4) is 11.5 Å². The molecular weight excluding hydrogens is 307 g/mol. The zero-order valence-electron chi connectivity index (χ0n) is 12.6. The number of benzene rings is 1. The number of hydrogen-bond donors (Lipinski definition) is 0. The number of alkyl halides is 3. The number of para-hydroxylation sites is 1. The molecule has 23 heavy (non-hydrogen) atoms. The first-order valence-electron chi connectivity index (χ1n) is 7.28. The van der Waals surface area contributed by atoms with Gasteiger partial charge in [-0.1, -0.05) is 12.1 Å². The van der Waals surface area contributed by atoms with Gasteiger partial charge in [0.05, 0.1) is 19.3 Å². The van der Waals surface area contributed by atoms with Crippen LogP contribution in [0.2, 0.25) is 0 Å². The van der Waals surface area contributed by atoms with Crippen molar-refractivity contribution < 1.29 is 22.6 Å². The number of hydrogen-bond acceptors (Lipinski definition) is 3. The zero-order valence-corrected chi connectivity index (χ0v) is 12.6. The molecule has 0 amide bonds. The van der Waals surface area contributed by atoms with Crippen molar-refractivity contribution in [2.24, 2.45) is 5.92 Å². The summed E-state index contributed by atoms with van der Waals surface area (Å²) < 4.78 is 49.3. The Bertz CT molecular complexity index is 700. The Morgan fingerprint density at radius 2 is 2.13 bits per heavy atom. The fourth-order valence-electron chi connectivity index (χ4n) is 2.81. The lowest BCUT2D eigenvalue weighted by Crippen LogP contribution is -2.23. The van der Waals surface area contributed by atoms with Gasteiger partial charge in [-0.2, -0.15) is 13.2 Å². The van der Waals surface area contributed by atoms with Crippen LogP contribution in [-0.4, -0.2) is 18.7 Å². The Kier molecular flexibility index (Phi) is 4.15. The summed E-state index contributed by atoms with van der Waals surface area (Å²) in [5.74, 6) is 1.49. The highest BCUT2D eigenvalue weighted by molar-refractivity contribution is 5.47. The third-order valence-electron chi connectivity index (χ3n) is 3.89. The average Bonchev–Trinajstić information content (AvgIpc) is 2.53. The standard InChI is InChI=1S/C17H16F3NO2/c1-22-15-4-2-3-12-7-11(10-23-16(12)15)8-14-9-13(5-6-21-14)17(18,19)20/h2-6,9,11H,7-8,10H2,1H3/t11-/m1/s1. The number of ether oxygens (including phenoxy) is 2. The third-order valence-corrected chi connectivity index (χ3v) is 3.89. The van der Waals surface area contributed by atoms with Gasteiger partial charge in [-0.3, -0.25) is 4.98 Å². The summed E-state index contributed by atoms with van der Waals surface area (Å²) >= 11 is 0. The monoisotopic (exact) mass is 323 g/mol. The minimum absolute atomic E-state index is 0.0885. The minimum Gasteiger partial charge on any atom is -0.493 e. The van der Waals surface area contributed by atoms with E-state index in [0.29, 0.717) is 24.5 Å². The van der Waals surface area contributed by atoms with Crippen molar-refractivity contribution in [3.63, 3.8) is 0 Å². The molecule has 0 bridgehead atoms. The van der Waals surface area contributed by atoms with Gasteiger partial charge < -0.3 is 9.47 Å². The van der Waals surface area contributed by atoms with Crippen LogP contribution in [0.3, 0.4) is 0 Å². The molecule has 1 aliphatic rings. The molecule has 3 nitrogen and oxygen atoms in total. The molecule has 1 aromatic heterocycles. The van der Waals surface area contributed by atoms with E-state index in [-0.39, 0.29) is 5.92 Å². The molecule has 1 atom stereocenters. The van der Waals surface area contributed by atoms with Crippen molar-refractivity contribution in [1.82, 2.24) is 4.98 Å². The maximum atomic E-state index is 12.8. The number of methoxy groups -OCH3 is 1. The largest absolute Gasteiger partial charge is 0.493 e. The highest BCUT2D eigenvalue weighted by atomic mass is 19.4. The molecule has 0 saturated carbocycles. The fraction of sp³-hybridized carbons (Fsp3) is 0.353. The number of halogens is 3. The van der Waals surface area contributed by atoms with Crippen LogP contribution in [0.25, 0.3) is 0 Å². The van der Waals surface area contributed by atoms with Crippen LogP contribution in [0.5, 0.6) is 11.5 Å². The highest BCUT2D eigenvalue weighted by Gasteiger charge is 2.31. The van der Waals surface area contributed by atoms with Gasteiger partial charge in [0.25, 0.3) is 0 Å². The van der Waals surface area contributed by atoms with Gasteiger partial charge in [0, 0.05) is 17.8 Å². The summed E-state index contributed by atoms with van der Waals surface area (Å²) in [6.45, 7) is 0.436. The molecule has 2 heterocycles. The summed E-state index contributed by atoms with van der Waals surface area (Å²) in [7, 11) is 1.58. The van der Waals surface area contributed by atoms with E-state index in [4.69, 9.17) is 9.47 Å². The lowest BCUT2D eigenvalue weighted by atomic mass is 9.92. The minimum atomic E-state index is -4.35. The summed E-state index contributed by atoms with van der Waals surface area (Å²) in [6, 6.07) is 7.76. The smallest absolute Gasteiger partial charge is 0.416 e. The second-order valence-electron chi connectivity index (χ2n) is 5.57. The number of rotatable bonds is 3. The van der Waals surface area contributed by atoms with Crippen LogP contribution in [0.15, 0.2) is 36.5 Å². The number of aromatic nitrogens is 1.